The van der Waals surface area contributed by atoms with Crippen LogP contribution in [0.5, 0.6) is 0 Å². The van der Waals surface area contributed by atoms with Gasteiger partial charge in [0.15, 0.2) is 0 Å². The van der Waals surface area contributed by atoms with Crippen LogP contribution in [0, 0.1) is 0 Å². The lowest BCUT2D eigenvalue weighted by Crippen LogP contribution is -2.14. The van der Waals surface area contributed by atoms with Crippen molar-refractivity contribution in [1.82, 2.24) is 0 Å². The van der Waals surface area contributed by atoms with Gasteiger partial charge >= 0.3 is 0 Å². The highest BCUT2D eigenvalue weighted by atomic mass is 79.9. The van der Waals surface area contributed by atoms with Gasteiger partial charge in [-0.2, -0.15) is 0 Å². The first-order valence-electron chi connectivity index (χ1n) is 5.42. The molecule has 0 radical (unpaired) electrons. The maximum absolute atomic E-state index is 12.4. The lowest BCUT2D eigenvalue weighted by molar-refractivity contribution is 0.601. The smallest absolute Gasteiger partial charge is 0.262 e. The van der Waals surface area contributed by atoms with Crippen molar-refractivity contribution in [3.63, 3.8) is 0 Å². The van der Waals surface area contributed by atoms with Gasteiger partial charge in [0.2, 0.25) is 0 Å². The first kappa shape index (κ1) is 16.9. The van der Waals surface area contributed by atoms with Gasteiger partial charge in [0.1, 0.15) is 0 Å². The van der Waals surface area contributed by atoms with Crippen molar-refractivity contribution >= 4 is 76.5 Å². The third-order valence-electron chi connectivity index (χ3n) is 2.45. The quantitative estimate of drug-likeness (QED) is 0.621. The number of nitrogens with two attached hydrogens (primary N) is 1. The summed E-state index contributed by atoms with van der Waals surface area (Å²) in [5.41, 5.74) is 6.49. The third-order valence-corrected chi connectivity index (χ3v) is 5.46. The molecule has 112 valence electrons. The Morgan fingerprint density at radius 3 is 1.90 bits per heavy atom. The van der Waals surface area contributed by atoms with Crippen LogP contribution in [-0.2, 0) is 10.0 Å². The van der Waals surface area contributed by atoms with E-state index < -0.39 is 10.0 Å². The Balaban J connectivity index is 2.47. The van der Waals surface area contributed by atoms with Crippen molar-refractivity contribution in [3.05, 3.63) is 49.3 Å². The summed E-state index contributed by atoms with van der Waals surface area (Å²) >= 11 is 18.2. The molecule has 4 nitrogen and oxygen atoms in total. The lowest BCUT2D eigenvalue weighted by atomic mass is 10.3. The maximum Gasteiger partial charge on any atom is 0.262 e. The Morgan fingerprint density at radius 2 is 1.43 bits per heavy atom. The van der Waals surface area contributed by atoms with Crippen LogP contribution in [0.25, 0.3) is 0 Å². The molecule has 0 atom stereocenters. The minimum atomic E-state index is -3.84. The third kappa shape index (κ3) is 4.04. The van der Waals surface area contributed by atoms with E-state index in [9.17, 15) is 8.42 Å². The normalized spacial score (nSPS) is 11.4. The zero-order valence-electron chi connectivity index (χ0n) is 10.2. The molecule has 2 aromatic rings. The molecule has 0 saturated carbocycles. The average Bonchev–Trinajstić information content (AvgIpc) is 2.32. The number of nitrogens with one attached hydrogen (secondary N) is 1. The Labute approximate surface area is 148 Å². The molecule has 0 bridgehead atoms. The van der Waals surface area contributed by atoms with Gasteiger partial charge < -0.3 is 5.73 Å². The maximum atomic E-state index is 12.4. The van der Waals surface area contributed by atoms with Gasteiger partial charge in [0, 0.05) is 24.7 Å². The zero-order chi connectivity index (χ0) is 15.8. The molecule has 0 spiro atoms. The van der Waals surface area contributed by atoms with Crippen LogP contribution >= 0.6 is 55.1 Å². The number of nitrogen functional groups attached to an aromatic ring is 1. The summed E-state index contributed by atoms with van der Waals surface area (Å²) in [7, 11) is -3.84. The SMILES string of the molecule is Nc1cc(Br)c(NS(=O)(=O)c2cc(Cl)cc(Cl)c2)c(Br)c1. The Kier molecular flexibility index (Phi) is 5.10. The summed E-state index contributed by atoms with van der Waals surface area (Å²) in [6, 6.07) is 7.27. The van der Waals surface area contributed by atoms with Crippen molar-refractivity contribution in [3.8, 4) is 0 Å². The van der Waals surface area contributed by atoms with Crippen LogP contribution in [0.3, 0.4) is 0 Å². The van der Waals surface area contributed by atoms with Gasteiger partial charge in [-0.1, -0.05) is 23.2 Å². The summed E-state index contributed by atoms with van der Waals surface area (Å²) in [6.45, 7) is 0. The minimum Gasteiger partial charge on any atom is -0.399 e. The molecule has 0 aliphatic carbocycles. The van der Waals surface area contributed by atoms with Crippen molar-refractivity contribution < 1.29 is 8.42 Å². The van der Waals surface area contributed by atoms with Gasteiger partial charge in [0.25, 0.3) is 10.0 Å². The number of benzene rings is 2. The molecule has 0 aromatic heterocycles. The summed E-state index contributed by atoms with van der Waals surface area (Å²) in [4.78, 5) is -0.0318. The van der Waals surface area contributed by atoms with Crippen molar-refractivity contribution in [2.45, 2.75) is 4.90 Å². The largest absolute Gasteiger partial charge is 0.399 e. The fraction of sp³-hybridized carbons (Fsp3) is 0. The van der Waals surface area contributed by atoms with E-state index in [0.29, 0.717) is 20.3 Å². The molecule has 0 saturated heterocycles. The number of anilines is 2. The highest BCUT2D eigenvalue weighted by Crippen LogP contribution is 2.35. The molecular weight excluding hydrogens is 467 g/mol. The van der Waals surface area contributed by atoms with Crippen LogP contribution in [0.4, 0.5) is 11.4 Å². The van der Waals surface area contributed by atoms with Crippen LogP contribution in [-0.4, -0.2) is 8.42 Å². The van der Waals surface area contributed by atoms with E-state index in [0.717, 1.165) is 0 Å². The Morgan fingerprint density at radius 1 is 0.952 bits per heavy atom. The topological polar surface area (TPSA) is 72.2 Å². The van der Waals surface area contributed by atoms with Gasteiger partial charge in [0.05, 0.1) is 10.6 Å². The van der Waals surface area contributed by atoms with Gasteiger partial charge in [-0.15, -0.1) is 0 Å². The molecule has 0 unspecified atom stereocenters. The predicted molar refractivity (Wildman–Crippen MR) is 93.5 cm³/mol. The van der Waals surface area contributed by atoms with Gasteiger partial charge in [-0.3, -0.25) is 4.72 Å². The number of halogens is 4. The predicted octanol–water partition coefficient (Wildman–Crippen LogP) is 4.90. The lowest BCUT2D eigenvalue weighted by Gasteiger charge is -2.13. The summed E-state index contributed by atoms with van der Waals surface area (Å²) in [6.07, 6.45) is 0. The molecule has 0 aliphatic heterocycles. The molecule has 0 heterocycles. The fourth-order valence-electron chi connectivity index (χ4n) is 1.57. The van der Waals surface area contributed by atoms with Crippen LogP contribution in [0.1, 0.15) is 0 Å². The number of rotatable bonds is 3. The van der Waals surface area contributed by atoms with Crippen molar-refractivity contribution in [2.75, 3.05) is 10.5 Å². The molecule has 2 rings (SSSR count). The molecule has 3 N–H and O–H groups in total. The summed E-state index contributed by atoms with van der Waals surface area (Å²) < 4.78 is 28.3. The second-order valence-corrected chi connectivity index (χ2v) is 8.33. The first-order chi connectivity index (χ1) is 9.69. The van der Waals surface area contributed by atoms with E-state index in [2.05, 4.69) is 36.6 Å². The second-order valence-electron chi connectivity index (χ2n) is 4.07. The molecule has 0 aliphatic rings. The number of hydrogen-bond acceptors (Lipinski definition) is 3. The Bertz CT molecular complexity index is 770. The van der Waals surface area contributed by atoms with Crippen molar-refractivity contribution in [2.24, 2.45) is 0 Å². The van der Waals surface area contributed by atoms with Gasteiger partial charge in [-0.25, -0.2) is 8.42 Å². The molecule has 21 heavy (non-hydrogen) atoms. The van der Waals surface area contributed by atoms with Crippen molar-refractivity contribution in [1.29, 1.82) is 0 Å². The molecule has 0 amide bonds. The first-order valence-corrected chi connectivity index (χ1v) is 9.25. The van der Waals surface area contributed by atoms with E-state index in [1.54, 1.807) is 12.1 Å². The molecule has 9 heteroatoms. The molecular formula is C12H8Br2Cl2N2O2S. The minimum absolute atomic E-state index is 0.0318. The molecule has 2 aromatic carbocycles. The van der Waals surface area contributed by atoms with Gasteiger partial charge in [-0.05, 0) is 62.2 Å². The van der Waals surface area contributed by atoms with E-state index in [4.69, 9.17) is 28.9 Å². The van der Waals surface area contributed by atoms with Crippen LogP contribution in [0.2, 0.25) is 10.0 Å². The average molecular weight is 475 g/mol. The summed E-state index contributed by atoms with van der Waals surface area (Å²) in [5, 5.41) is 0.469. The van der Waals surface area contributed by atoms with E-state index in [-0.39, 0.29) is 14.9 Å². The van der Waals surface area contributed by atoms with Crippen LogP contribution in [0.15, 0.2) is 44.2 Å². The number of hydrogen-bond donors (Lipinski definition) is 2. The summed E-state index contributed by atoms with van der Waals surface area (Å²) in [5.74, 6) is 0. The van der Waals surface area contributed by atoms with E-state index >= 15 is 0 Å². The van der Waals surface area contributed by atoms with Crippen LogP contribution < -0.4 is 10.5 Å². The monoisotopic (exact) mass is 472 g/mol. The van der Waals surface area contributed by atoms with E-state index in [1.165, 1.54) is 18.2 Å². The molecule has 0 fully saturated rings. The second kappa shape index (κ2) is 6.34. The number of sulfonamides is 1. The highest BCUT2D eigenvalue weighted by molar-refractivity contribution is 9.11. The highest BCUT2D eigenvalue weighted by Gasteiger charge is 2.19. The standard InChI is InChI=1S/C12H8Br2Cl2N2O2S/c13-10-4-8(17)5-11(14)12(10)18-21(19,20)9-2-6(15)1-7(16)3-9/h1-5,18H,17H2. The zero-order valence-corrected chi connectivity index (χ0v) is 15.7. The Hall–Kier alpha value is -0.470. The fourth-order valence-corrected chi connectivity index (χ4v) is 5.08. The van der Waals surface area contributed by atoms with E-state index in [1.807, 2.05) is 0 Å².